The van der Waals surface area contributed by atoms with Crippen molar-refractivity contribution in [2.75, 3.05) is 6.61 Å². The van der Waals surface area contributed by atoms with Crippen molar-refractivity contribution in [3.05, 3.63) is 47.9 Å². The maximum atomic E-state index is 12.5. The maximum Gasteiger partial charge on any atom is 0.241 e. The molecule has 0 aliphatic carbocycles. The van der Waals surface area contributed by atoms with Gasteiger partial charge in [-0.3, -0.25) is 4.79 Å². The summed E-state index contributed by atoms with van der Waals surface area (Å²) in [7, 11) is -3.82. The third kappa shape index (κ3) is 5.07. The number of carbonyl (C=O) groups excluding carboxylic acids is 1. The molecular formula is C17H22N2O5S. The zero-order valence-corrected chi connectivity index (χ0v) is 15.2. The van der Waals surface area contributed by atoms with E-state index in [2.05, 4.69) is 10.0 Å². The number of nitrogens with one attached hydrogen (secondary N) is 2. The molecular weight excluding hydrogens is 344 g/mol. The third-order valence-electron chi connectivity index (χ3n) is 3.50. The Labute approximate surface area is 147 Å². The van der Waals surface area contributed by atoms with Gasteiger partial charge in [-0.1, -0.05) is 0 Å². The van der Waals surface area contributed by atoms with Crippen LogP contribution in [0.25, 0.3) is 0 Å². The van der Waals surface area contributed by atoms with Gasteiger partial charge in [0.1, 0.15) is 11.5 Å². The molecule has 0 aliphatic rings. The van der Waals surface area contributed by atoms with E-state index in [-0.39, 0.29) is 11.4 Å². The van der Waals surface area contributed by atoms with Crippen LogP contribution in [0.3, 0.4) is 0 Å². The van der Waals surface area contributed by atoms with Gasteiger partial charge in [0.05, 0.1) is 30.4 Å². The average Bonchev–Trinajstić information content (AvgIpc) is 3.07. The molecule has 2 N–H and O–H groups in total. The summed E-state index contributed by atoms with van der Waals surface area (Å²) in [6.45, 7) is 5.80. The summed E-state index contributed by atoms with van der Waals surface area (Å²) >= 11 is 0. The monoisotopic (exact) mass is 366 g/mol. The Morgan fingerprint density at radius 2 is 2.08 bits per heavy atom. The largest absolute Gasteiger partial charge is 0.494 e. The summed E-state index contributed by atoms with van der Waals surface area (Å²) in [5.74, 6) is 0.777. The first-order valence-corrected chi connectivity index (χ1v) is 9.37. The smallest absolute Gasteiger partial charge is 0.241 e. The number of carbonyl (C=O) groups is 1. The number of amides is 1. The predicted molar refractivity (Wildman–Crippen MR) is 92.7 cm³/mol. The van der Waals surface area contributed by atoms with Gasteiger partial charge >= 0.3 is 0 Å². The molecule has 0 bridgehead atoms. The van der Waals surface area contributed by atoms with Crippen molar-refractivity contribution in [2.24, 2.45) is 0 Å². The summed E-state index contributed by atoms with van der Waals surface area (Å²) in [4.78, 5) is 12.1. The van der Waals surface area contributed by atoms with Crippen molar-refractivity contribution < 1.29 is 22.4 Å². The summed E-state index contributed by atoms with van der Waals surface area (Å²) < 4.78 is 37.8. The molecule has 0 unspecified atom stereocenters. The molecule has 0 saturated heterocycles. The van der Waals surface area contributed by atoms with Gasteiger partial charge in [-0.05, 0) is 56.7 Å². The highest BCUT2D eigenvalue weighted by Gasteiger charge is 2.22. The molecule has 1 aromatic carbocycles. The highest BCUT2D eigenvalue weighted by Crippen LogP contribution is 2.21. The first kappa shape index (κ1) is 19.0. The lowest BCUT2D eigenvalue weighted by Crippen LogP contribution is -2.44. The molecule has 2 aromatic rings. The molecule has 1 atom stereocenters. The number of sulfonamides is 1. The van der Waals surface area contributed by atoms with E-state index < -0.39 is 22.0 Å². The first-order valence-electron chi connectivity index (χ1n) is 7.89. The van der Waals surface area contributed by atoms with Crippen molar-refractivity contribution in [1.82, 2.24) is 10.0 Å². The van der Waals surface area contributed by atoms with E-state index in [1.165, 1.54) is 25.3 Å². The standard InChI is InChI=1S/C17H22N2O5S/c1-4-23-16-8-7-15(10-12(16)2)25(21,22)19-13(3)17(20)18-11-14-6-5-9-24-14/h5-10,13,19H,4,11H2,1-3H3,(H,18,20)/t13-/m1/s1. The van der Waals surface area contributed by atoms with Crippen LogP contribution in [-0.2, 0) is 21.4 Å². The van der Waals surface area contributed by atoms with E-state index in [1.54, 1.807) is 25.1 Å². The topological polar surface area (TPSA) is 97.6 Å². The lowest BCUT2D eigenvalue weighted by molar-refractivity contribution is -0.122. The van der Waals surface area contributed by atoms with Crippen LogP contribution in [0.2, 0.25) is 0 Å². The minimum Gasteiger partial charge on any atom is -0.494 e. The molecule has 136 valence electrons. The SMILES string of the molecule is CCOc1ccc(S(=O)(=O)N[C@H](C)C(=O)NCc2ccco2)cc1C. The Bertz CT molecular complexity index is 816. The van der Waals surface area contributed by atoms with Crippen LogP contribution in [0, 0.1) is 6.92 Å². The van der Waals surface area contributed by atoms with Crippen molar-refractivity contribution in [3.8, 4) is 5.75 Å². The molecule has 8 heteroatoms. The van der Waals surface area contributed by atoms with Gasteiger partial charge in [0.2, 0.25) is 15.9 Å². The number of benzene rings is 1. The summed E-state index contributed by atoms with van der Waals surface area (Å²) in [5, 5.41) is 2.62. The summed E-state index contributed by atoms with van der Waals surface area (Å²) in [6, 6.07) is 7.08. The van der Waals surface area contributed by atoms with Crippen LogP contribution in [0.4, 0.5) is 0 Å². The first-order chi connectivity index (χ1) is 11.8. The second kappa shape index (κ2) is 8.17. The van der Waals surface area contributed by atoms with Crippen molar-refractivity contribution in [1.29, 1.82) is 0 Å². The lowest BCUT2D eigenvalue weighted by atomic mass is 10.2. The van der Waals surface area contributed by atoms with E-state index in [4.69, 9.17) is 9.15 Å². The number of ether oxygens (including phenoxy) is 1. The van der Waals surface area contributed by atoms with Gasteiger partial charge < -0.3 is 14.5 Å². The second-order valence-corrected chi connectivity index (χ2v) is 7.21. The maximum absolute atomic E-state index is 12.5. The van der Waals surface area contributed by atoms with Crippen LogP contribution < -0.4 is 14.8 Å². The Morgan fingerprint density at radius 3 is 2.68 bits per heavy atom. The molecule has 0 fully saturated rings. The number of hydrogen-bond acceptors (Lipinski definition) is 5. The zero-order chi connectivity index (χ0) is 18.4. The molecule has 7 nitrogen and oxygen atoms in total. The predicted octanol–water partition coefficient (Wildman–Crippen LogP) is 1.97. The van der Waals surface area contributed by atoms with Crippen molar-refractivity contribution >= 4 is 15.9 Å². The van der Waals surface area contributed by atoms with Crippen LogP contribution in [-0.4, -0.2) is 27.0 Å². The lowest BCUT2D eigenvalue weighted by Gasteiger charge is -2.15. The van der Waals surface area contributed by atoms with Crippen LogP contribution in [0.5, 0.6) is 5.75 Å². The van der Waals surface area contributed by atoms with E-state index in [0.717, 1.165) is 0 Å². The van der Waals surface area contributed by atoms with Crippen LogP contribution >= 0.6 is 0 Å². The van der Waals surface area contributed by atoms with Gasteiger partial charge in [0.25, 0.3) is 0 Å². The summed E-state index contributed by atoms with van der Waals surface area (Å²) in [6.07, 6.45) is 1.50. The number of aryl methyl sites for hydroxylation is 1. The molecule has 0 saturated carbocycles. The van der Waals surface area contributed by atoms with Crippen LogP contribution in [0.1, 0.15) is 25.2 Å². The Balaban J connectivity index is 2.01. The van der Waals surface area contributed by atoms with Gasteiger partial charge in [0, 0.05) is 0 Å². The fourth-order valence-electron chi connectivity index (χ4n) is 2.20. The molecule has 1 aromatic heterocycles. The molecule has 2 rings (SSSR count). The fourth-order valence-corrected chi connectivity index (χ4v) is 3.49. The molecule has 0 radical (unpaired) electrons. The number of hydrogen-bond donors (Lipinski definition) is 2. The Kier molecular flexibility index (Phi) is 6.22. The van der Waals surface area contributed by atoms with Crippen molar-refractivity contribution in [2.45, 2.75) is 38.3 Å². The Morgan fingerprint density at radius 1 is 1.32 bits per heavy atom. The summed E-state index contributed by atoms with van der Waals surface area (Å²) in [5.41, 5.74) is 0.708. The van der Waals surface area contributed by atoms with Gasteiger partial charge in [-0.2, -0.15) is 4.72 Å². The van der Waals surface area contributed by atoms with E-state index in [9.17, 15) is 13.2 Å². The highest BCUT2D eigenvalue weighted by molar-refractivity contribution is 7.89. The van der Waals surface area contributed by atoms with Gasteiger partial charge in [-0.15, -0.1) is 0 Å². The number of furan rings is 1. The van der Waals surface area contributed by atoms with Gasteiger partial charge in [-0.25, -0.2) is 8.42 Å². The molecule has 0 aliphatic heterocycles. The van der Waals surface area contributed by atoms with E-state index in [0.29, 0.717) is 23.7 Å². The van der Waals surface area contributed by atoms with Crippen molar-refractivity contribution in [3.63, 3.8) is 0 Å². The fraction of sp³-hybridized carbons (Fsp3) is 0.353. The molecule has 0 spiro atoms. The molecule has 25 heavy (non-hydrogen) atoms. The second-order valence-electron chi connectivity index (χ2n) is 5.50. The quantitative estimate of drug-likeness (QED) is 0.744. The molecule has 1 heterocycles. The minimum atomic E-state index is -3.82. The highest BCUT2D eigenvalue weighted by atomic mass is 32.2. The van der Waals surface area contributed by atoms with E-state index in [1.807, 2.05) is 6.92 Å². The number of rotatable bonds is 8. The van der Waals surface area contributed by atoms with Gasteiger partial charge in [0.15, 0.2) is 0 Å². The molecule has 1 amide bonds. The average molecular weight is 366 g/mol. The van der Waals surface area contributed by atoms with Crippen LogP contribution in [0.15, 0.2) is 45.9 Å². The zero-order valence-electron chi connectivity index (χ0n) is 14.4. The third-order valence-corrected chi connectivity index (χ3v) is 5.04. The Hall–Kier alpha value is -2.32. The normalized spacial score (nSPS) is 12.6. The minimum absolute atomic E-state index is 0.0825. The van der Waals surface area contributed by atoms with E-state index >= 15 is 0 Å².